The fraction of sp³-hybridized carbons (Fsp3) is 0.304. The van der Waals surface area contributed by atoms with Gasteiger partial charge in [0.1, 0.15) is 11.5 Å². The molecule has 1 aromatic heterocycles. The summed E-state index contributed by atoms with van der Waals surface area (Å²) < 4.78 is 17.0. The minimum absolute atomic E-state index is 0.159. The fourth-order valence-electron chi connectivity index (χ4n) is 3.09. The smallest absolute Gasteiger partial charge is 0.255 e. The van der Waals surface area contributed by atoms with Crippen LogP contribution in [0.15, 0.2) is 52.9 Å². The maximum absolute atomic E-state index is 12.4. The Balaban J connectivity index is 1.60. The topological polar surface area (TPSA) is 89.8 Å². The molecule has 2 amide bonds. The summed E-state index contributed by atoms with van der Waals surface area (Å²) in [4.78, 5) is 24.7. The highest BCUT2D eigenvalue weighted by Gasteiger charge is 2.18. The average Bonchev–Trinajstić information content (AvgIpc) is 3.18. The number of hydrogen-bond donors (Lipinski definition) is 2. The van der Waals surface area contributed by atoms with Gasteiger partial charge in [0.25, 0.3) is 5.91 Å². The van der Waals surface area contributed by atoms with Crippen molar-refractivity contribution in [1.82, 2.24) is 10.6 Å². The molecule has 0 aliphatic carbocycles. The highest BCUT2D eigenvalue weighted by atomic mass is 16.5. The molecule has 2 N–H and O–H groups in total. The Labute approximate surface area is 175 Å². The van der Waals surface area contributed by atoms with Gasteiger partial charge in [-0.05, 0) is 45.0 Å². The second-order valence-corrected chi connectivity index (χ2v) is 6.66. The zero-order valence-electron chi connectivity index (χ0n) is 17.4. The van der Waals surface area contributed by atoms with Crippen molar-refractivity contribution in [2.45, 2.75) is 26.8 Å². The largest absolute Gasteiger partial charge is 0.493 e. The second-order valence-electron chi connectivity index (χ2n) is 6.66. The molecule has 0 saturated carbocycles. The van der Waals surface area contributed by atoms with Crippen molar-refractivity contribution < 1.29 is 23.5 Å². The number of furan rings is 1. The van der Waals surface area contributed by atoms with Crippen molar-refractivity contribution in [3.8, 4) is 11.5 Å². The monoisotopic (exact) mass is 410 g/mol. The molecule has 3 aromatic rings. The van der Waals surface area contributed by atoms with Crippen LogP contribution < -0.4 is 20.1 Å². The first-order chi connectivity index (χ1) is 14.5. The Hall–Kier alpha value is -3.48. The maximum Gasteiger partial charge on any atom is 0.255 e. The van der Waals surface area contributed by atoms with Gasteiger partial charge in [-0.15, -0.1) is 0 Å². The maximum atomic E-state index is 12.4. The van der Waals surface area contributed by atoms with E-state index >= 15 is 0 Å². The molecule has 158 valence electrons. The predicted octanol–water partition coefficient (Wildman–Crippen LogP) is 3.84. The zero-order valence-corrected chi connectivity index (χ0v) is 17.4. The predicted molar refractivity (Wildman–Crippen MR) is 114 cm³/mol. The third-order valence-corrected chi connectivity index (χ3v) is 4.47. The SMILES string of the molecule is CCOc1ccccc1C(=O)NCC(=O)NC(C)c1cc2cccc(OCC)c2o1. The molecular weight excluding hydrogens is 384 g/mol. The molecule has 30 heavy (non-hydrogen) atoms. The number of hydrogen-bond acceptors (Lipinski definition) is 5. The van der Waals surface area contributed by atoms with Crippen LogP contribution in [0.25, 0.3) is 11.0 Å². The molecule has 2 aromatic carbocycles. The average molecular weight is 410 g/mol. The molecule has 3 rings (SSSR count). The standard InChI is InChI=1S/C23H26N2O5/c1-4-28-18-11-7-6-10-17(18)23(27)24-14-21(26)25-15(3)20-13-16-9-8-12-19(29-5-2)22(16)30-20/h6-13,15H,4-5,14H2,1-3H3,(H,24,27)(H,25,26). The van der Waals surface area contributed by atoms with Crippen LogP contribution in [-0.4, -0.2) is 31.6 Å². The molecular formula is C23H26N2O5. The normalized spacial score (nSPS) is 11.7. The Bertz CT molecular complexity index is 1030. The number of rotatable bonds is 9. The summed E-state index contributed by atoms with van der Waals surface area (Å²) in [5.41, 5.74) is 1.04. The highest BCUT2D eigenvalue weighted by molar-refractivity contribution is 5.98. The number of nitrogens with one attached hydrogen (secondary N) is 2. The van der Waals surface area contributed by atoms with Crippen molar-refractivity contribution in [3.05, 3.63) is 59.9 Å². The molecule has 1 unspecified atom stereocenters. The minimum atomic E-state index is -0.369. The summed E-state index contributed by atoms with van der Waals surface area (Å²) in [5.74, 6) is 1.07. The summed E-state index contributed by atoms with van der Waals surface area (Å²) >= 11 is 0. The van der Waals surface area contributed by atoms with Gasteiger partial charge in [-0.1, -0.05) is 24.3 Å². The third kappa shape index (κ3) is 4.92. The van der Waals surface area contributed by atoms with Crippen LogP contribution in [-0.2, 0) is 4.79 Å². The van der Waals surface area contributed by atoms with E-state index in [0.29, 0.717) is 41.6 Å². The first-order valence-corrected chi connectivity index (χ1v) is 9.98. The second kappa shape index (κ2) is 9.82. The number of ether oxygens (including phenoxy) is 2. The summed E-state index contributed by atoms with van der Waals surface area (Å²) in [5, 5.41) is 6.36. The summed E-state index contributed by atoms with van der Waals surface area (Å²) in [6.07, 6.45) is 0. The van der Waals surface area contributed by atoms with Gasteiger partial charge in [0.05, 0.1) is 31.4 Å². The van der Waals surface area contributed by atoms with Crippen molar-refractivity contribution in [2.24, 2.45) is 0 Å². The Morgan fingerprint density at radius 2 is 1.70 bits per heavy atom. The van der Waals surface area contributed by atoms with E-state index in [-0.39, 0.29) is 24.4 Å². The van der Waals surface area contributed by atoms with E-state index in [9.17, 15) is 9.59 Å². The van der Waals surface area contributed by atoms with E-state index in [4.69, 9.17) is 13.9 Å². The van der Waals surface area contributed by atoms with Crippen LogP contribution >= 0.6 is 0 Å². The number of carbonyl (C=O) groups is 2. The van der Waals surface area contributed by atoms with Crippen LogP contribution in [0.1, 0.15) is 42.9 Å². The Morgan fingerprint density at radius 1 is 1.00 bits per heavy atom. The molecule has 0 radical (unpaired) electrons. The summed E-state index contributed by atoms with van der Waals surface area (Å²) in [6, 6.07) is 14.1. The number of carbonyl (C=O) groups excluding carboxylic acids is 2. The van der Waals surface area contributed by atoms with Crippen LogP contribution in [0.2, 0.25) is 0 Å². The van der Waals surface area contributed by atoms with E-state index in [1.165, 1.54) is 0 Å². The van der Waals surface area contributed by atoms with E-state index in [2.05, 4.69) is 10.6 Å². The first-order valence-electron chi connectivity index (χ1n) is 9.98. The van der Waals surface area contributed by atoms with E-state index in [1.807, 2.05) is 45.0 Å². The molecule has 0 spiro atoms. The lowest BCUT2D eigenvalue weighted by Crippen LogP contribution is -2.38. The van der Waals surface area contributed by atoms with Gasteiger partial charge < -0.3 is 24.5 Å². The molecule has 0 aliphatic heterocycles. The highest BCUT2D eigenvalue weighted by Crippen LogP contribution is 2.31. The lowest BCUT2D eigenvalue weighted by Gasteiger charge is -2.13. The number of benzene rings is 2. The number of fused-ring (bicyclic) bond motifs is 1. The zero-order chi connectivity index (χ0) is 21.5. The molecule has 0 bridgehead atoms. The molecule has 7 heteroatoms. The van der Waals surface area contributed by atoms with E-state index in [1.54, 1.807) is 24.3 Å². The molecule has 1 heterocycles. The Morgan fingerprint density at radius 3 is 2.47 bits per heavy atom. The van der Waals surface area contributed by atoms with Crippen molar-refractivity contribution >= 4 is 22.8 Å². The van der Waals surface area contributed by atoms with Gasteiger partial charge in [0.15, 0.2) is 11.3 Å². The van der Waals surface area contributed by atoms with E-state index < -0.39 is 0 Å². The lowest BCUT2D eigenvalue weighted by molar-refractivity contribution is -0.120. The van der Waals surface area contributed by atoms with Crippen LogP contribution in [0, 0.1) is 0 Å². The molecule has 0 aliphatic rings. The van der Waals surface area contributed by atoms with Gasteiger partial charge in [-0.25, -0.2) is 0 Å². The van der Waals surface area contributed by atoms with Crippen LogP contribution in [0.5, 0.6) is 11.5 Å². The molecule has 7 nitrogen and oxygen atoms in total. The number of amides is 2. The minimum Gasteiger partial charge on any atom is -0.493 e. The van der Waals surface area contributed by atoms with Gasteiger partial charge in [-0.3, -0.25) is 9.59 Å². The van der Waals surface area contributed by atoms with E-state index in [0.717, 1.165) is 5.39 Å². The van der Waals surface area contributed by atoms with Crippen LogP contribution in [0.3, 0.4) is 0 Å². The quantitative estimate of drug-likeness (QED) is 0.559. The van der Waals surface area contributed by atoms with Gasteiger partial charge in [-0.2, -0.15) is 0 Å². The lowest BCUT2D eigenvalue weighted by atomic mass is 10.2. The number of para-hydroxylation sites is 2. The molecule has 1 atom stereocenters. The molecule has 0 fully saturated rings. The van der Waals surface area contributed by atoms with Gasteiger partial charge in [0, 0.05) is 5.39 Å². The van der Waals surface area contributed by atoms with Gasteiger partial charge in [0.2, 0.25) is 5.91 Å². The summed E-state index contributed by atoms with van der Waals surface area (Å²) in [7, 11) is 0. The van der Waals surface area contributed by atoms with Gasteiger partial charge >= 0.3 is 0 Å². The summed E-state index contributed by atoms with van der Waals surface area (Å²) in [6.45, 7) is 6.40. The van der Waals surface area contributed by atoms with Crippen molar-refractivity contribution in [3.63, 3.8) is 0 Å². The Kier molecular flexibility index (Phi) is 6.95. The van der Waals surface area contributed by atoms with Crippen molar-refractivity contribution in [2.75, 3.05) is 19.8 Å². The first kappa shape index (κ1) is 21.2. The fourth-order valence-corrected chi connectivity index (χ4v) is 3.09. The van der Waals surface area contributed by atoms with Crippen LogP contribution in [0.4, 0.5) is 0 Å². The third-order valence-electron chi connectivity index (χ3n) is 4.47. The molecule has 0 saturated heterocycles. The van der Waals surface area contributed by atoms with Crippen molar-refractivity contribution in [1.29, 1.82) is 0 Å².